The van der Waals surface area contributed by atoms with Gasteiger partial charge >= 0.3 is 5.97 Å². The third-order valence-electron chi connectivity index (χ3n) is 4.24. The van der Waals surface area contributed by atoms with E-state index in [9.17, 15) is 14.7 Å². The molecule has 0 saturated heterocycles. The van der Waals surface area contributed by atoms with E-state index in [0.29, 0.717) is 12.3 Å². The fourth-order valence-electron chi connectivity index (χ4n) is 2.86. The maximum Gasteiger partial charge on any atom is 0.308 e. The Bertz CT molecular complexity index is 385. The van der Waals surface area contributed by atoms with Crippen LogP contribution in [0.4, 0.5) is 0 Å². The molecule has 0 aliphatic heterocycles. The van der Waals surface area contributed by atoms with Gasteiger partial charge < -0.3 is 10.4 Å². The van der Waals surface area contributed by atoms with Crippen LogP contribution in [0.1, 0.15) is 51.9 Å². The molecule has 2 N–H and O–H groups in total. The molecule has 2 fully saturated rings. The standard InChI is InChI=1S/C15H23NO3/c1-10(11-7-8-11)9-14(17)16-13-6-4-2-3-5-12(13)15(18)19/h9,11-13H,2-8H2,1H3,(H,16,17)(H,18,19)/b10-9+. The van der Waals surface area contributed by atoms with Crippen molar-refractivity contribution >= 4 is 11.9 Å². The lowest BCUT2D eigenvalue weighted by Gasteiger charge is -2.22. The van der Waals surface area contributed by atoms with E-state index in [1.807, 2.05) is 6.92 Å². The molecule has 4 heteroatoms. The summed E-state index contributed by atoms with van der Waals surface area (Å²) in [6.45, 7) is 1.99. The Morgan fingerprint density at radius 2 is 1.79 bits per heavy atom. The molecule has 0 heterocycles. The van der Waals surface area contributed by atoms with Crippen molar-refractivity contribution in [2.75, 3.05) is 0 Å². The monoisotopic (exact) mass is 265 g/mol. The first-order chi connectivity index (χ1) is 9.08. The molecule has 2 atom stereocenters. The second-order valence-electron chi connectivity index (χ2n) is 5.86. The minimum atomic E-state index is -0.782. The number of hydrogen-bond donors (Lipinski definition) is 2. The molecule has 1 amide bonds. The van der Waals surface area contributed by atoms with Gasteiger partial charge in [0.25, 0.3) is 0 Å². The number of carbonyl (C=O) groups excluding carboxylic acids is 1. The van der Waals surface area contributed by atoms with Gasteiger partial charge in [-0.1, -0.05) is 24.8 Å². The summed E-state index contributed by atoms with van der Waals surface area (Å²) in [4.78, 5) is 23.2. The van der Waals surface area contributed by atoms with Crippen LogP contribution in [0, 0.1) is 11.8 Å². The highest BCUT2D eigenvalue weighted by atomic mass is 16.4. The fourth-order valence-corrected chi connectivity index (χ4v) is 2.86. The van der Waals surface area contributed by atoms with Crippen LogP contribution in [-0.4, -0.2) is 23.0 Å². The van der Waals surface area contributed by atoms with Crippen LogP contribution in [0.3, 0.4) is 0 Å². The molecule has 19 heavy (non-hydrogen) atoms. The second-order valence-corrected chi connectivity index (χ2v) is 5.86. The van der Waals surface area contributed by atoms with E-state index in [4.69, 9.17) is 0 Å². The molecule has 2 rings (SSSR count). The number of carboxylic acids is 1. The van der Waals surface area contributed by atoms with Crippen molar-refractivity contribution in [2.45, 2.75) is 57.9 Å². The van der Waals surface area contributed by atoms with Gasteiger partial charge in [-0.25, -0.2) is 0 Å². The number of amides is 1. The van der Waals surface area contributed by atoms with E-state index >= 15 is 0 Å². The van der Waals surface area contributed by atoms with Gasteiger partial charge in [0, 0.05) is 12.1 Å². The van der Waals surface area contributed by atoms with Crippen molar-refractivity contribution in [1.29, 1.82) is 0 Å². The van der Waals surface area contributed by atoms with E-state index in [0.717, 1.165) is 31.3 Å². The van der Waals surface area contributed by atoms with E-state index in [1.165, 1.54) is 12.8 Å². The maximum atomic E-state index is 12.0. The summed E-state index contributed by atoms with van der Waals surface area (Å²) < 4.78 is 0. The largest absolute Gasteiger partial charge is 0.481 e. The Morgan fingerprint density at radius 1 is 1.11 bits per heavy atom. The zero-order valence-electron chi connectivity index (χ0n) is 11.5. The second kappa shape index (κ2) is 6.22. The molecule has 0 spiro atoms. The molecule has 4 nitrogen and oxygen atoms in total. The molecule has 2 saturated carbocycles. The first-order valence-corrected chi connectivity index (χ1v) is 7.29. The van der Waals surface area contributed by atoms with Crippen molar-refractivity contribution in [3.05, 3.63) is 11.6 Å². The summed E-state index contributed by atoms with van der Waals surface area (Å²) in [5.74, 6) is -0.756. The highest BCUT2D eigenvalue weighted by molar-refractivity contribution is 5.89. The topological polar surface area (TPSA) is 66.4 Å². The molecule has 2 aliphatic rings. The summed E-state index contributed by atoms with van der Waals surface area (Å²) >= 11 is 0. The van der Waals surface area contributed by atoms with Crippen molar-refractivity contribution in [3.8, 4) is 0 Å². The van der Waals surface area contributed by atoms with Gasteiger partial charge in [0.1, 0.15) is 0 Å². The zero-order chi connectivity index (χ0) is 13.8. The highest BCUT2D eigenvalue weighted by Crippen LogP contribution is 2.35. The lowest BCUT2D eigenvalue weighted by atomic mass is 9.95. The van der Waals surface area contributed by atoms with Crippen LogP contribution in [0.15, 0.2) is 11.6 Å². The Labute approximate surface area is 114 Å². The molecule has 0 aromatic heterocycles. The van der Waals surface area contributed by atoms with E-state index in [1.54, 1.807) is 6.08 Å². The molecule has 2 unspecified atom stereocenters. The average Bonchev–Trinajstić information content (AvgIpc) is 3.15. The van der Waals surface area contributed by atoms with Crippen LogP contribution in [0.5, 0.6) is 0 Å². The molecular formula is C15H23NO3. The van der Waals surface area contributed by atoms with E-state index in [2.05, 4.69) is 5.32 Å². The van der Waals surface area contributed by atoms with E-state index < -0.39 is 11.9 Å². The highest BCUT2D eigenvalue weighted by Gasteiger charge is 2.30. The van der Waals surface area contributed by atoms with Gasteiger partial charge in [0.15, 0.2) is 0 Å². The normalized spacial score (nSPS) is 28.6. The van der Waals surface area contributed by atoms with Crippen molar-refractivity contribution in [3.63, 3.8) is 0 Å². The van der Waals surface area contributed by atoms with Crippen molar-refractivity contribution in [1.82, 2.24) is 5.32 Å². The Hall–Kier alpha value is -1.32. The number of allylic oxidation sites excluding steroid dienone is 1. The summed E-state index contributed by atoms with van der Waals surface area (Å²) in [5.41, 5.74) is 1.12. The number of hydrogen-bond acceptors (Lipinski definition) is 2. The Kier molecular flexibility index (Phi) is 4.61. The third-order valence-corrected chi connectivity index (χ3v) is 4.24. The molecule has 0 aromatic carbocycles. The minimum absolute atomic E-state index is 0.123. The quantitative estimate of drug-likeness (QED) is 0.606. The van der Waals surface area contributed by atoms with Gasteiger partial charge in [-0.2, -0.15) is 0 Å². The Balaban J connectivity index is 1.95. The predicted octanol–water partition coefficient (Wildman–Crippen LogP) is 2.49. The van der Waals surface area contributed by atoms with E-state index in [-0.39, 0.29) is 11.9 Å². The number of nitrogens with one attached hydrogen (secondary N) is 1. The Morgan fingerprint density at radius 3 is 2.42 bits per heavy atom. The number of carboxylic acid groups (broad SMARTS) is 1. The lowest BCUT2D eigenvalue weighted by Crippen LogP contribution is -2.42. The van der Waals surface area contributed by atoms with Crippen LogP contribution in [-0.2, 0) is 9.59 Å². The SMILES string of the molecule is C/C(=C\C(=O)NC1CCCCCC1C(=O)O)C1CC1. The zero-order valence-corrected chi connectivity index (χ0v) is 11.5. The van der Waals surface area contributed by atoms with Gasteiger partial charge in [-0.15, -0.1) is 0 Å². The predicted molar refractivity (Wildman–Crippen MR) is 72.6 cm³/mol. The molecule has 106 valence electrons. The molecule has 0 radical (unpaired) electrons. The van der Waals surface area contributed by atoms with Gasteiger partial charge in [-0.3, -0.25) is 9.59 Å². The van der Waals surface area contributed by atoms with Crippen LogP contribution >= 0.6 is 0 Å². The lowest BCUT2D eigenvalue weighted by molar-refractivity contribution is -0.143. The summed E-state index contributed by atoms with van der Waals surface area (Å²) in [5, 5.41) is 12.2. The summed E-state index contributed by atoms with van der Waals surface area (Å²) in [7, 11) is 0. The smallest absolute Gasteiger partial charge is 0.308 e. The average molecular weight is 265 g/mol. The fraction of sp³-hybridized carbons (Fsp3) is 0.733. The van der Waals surface area contributed by atoms with Crippen LogP contribution < -0.4 is 5.32 Å². The summed E-state index contributed by atoms with van der Waals surface area (Å²) in [6.07, 6.45) is 8.47. The van der Waals surface area contributed by atoms with Gasteiger partial charge in [0.05, 0.1) is 5.92 Å². The molecule has 0 aromatic rings. The van der Waals surface area contributed by atoms with Gasteiger partial charge in [0.2, 0.25) is 5.91 Å². The minimum Gasteiger partial charge on any atom is -0.481 e. The first-order valence-electron chi connectivity index (χ1n) is 7.29. The first kappa shape index (κ1) is 14.1. The number of aliphatic carboxylic acids is 1. The maximum absolute atomic E-state index is 12.0. The van der Waals surface area contributed by atoms with Crippen LogP contribution in [0.25, 0.3) is 0 Å². The van der Waals surface area contributed by atoms with Crippen LogP contribution in [0.2, 0.25) is 0 Å². The molecular weight excluding hydrogens is 242 g/mol. The molecule has 0 bridgehead atoms. The van der Waals surface area contributed by atoms with Crippen molar-refractivity contribution < 1.29 is 14.7 Å². The van der Waals surface area contributed by atoms with Gasteiger partial charge in [-0.05, 0) is 38.5 Å². The summed E-state index contributed by atoms with van der Waals surface area (Å²) in [6, 6.07) is -0.212. The number of rotatable bonds is 4. The molecule has 2 aliphatic carbocycles. The number of carbonyl (C=O) groups is 2. The van der Waals surface area contributed by atoms with Crippen molar-refractivity contribution in [2.24, 2.45) is 11.8 Å². The third kappa shape index (κ3) is 4.08.